The SMILES string of the molecule is CCN(CC)Cc1ccccc1CNC(=O)CCc1nc2ccccc2c(=O)n1C. The highest BCUT2D eigenvalue weighted by atomic mass is 16.1. The van der Waals surface area contributed by atoms with Crippen LogP contribution in [0.15, 0.2) is 53.3 Å². The van der Waals surface area contributed by atoms with Gasteiger partial charge in [-0.05, 0) is 36.3 Å². The molecule has 30 heavy (non-hydrogen) atoms. The molecule has 1 aromatic heterocycles. The second-order valence-corrected chi connectivity index (χ2v) is 7.42. The van der Waals surface area contributed by atoms with Crippen LogP contribution in [-0.2, 0) is 31.4 Å². The van der Waals surface area contributed by atoms with Crippen molar-refractivity contribution in [3.8, 4) is 0 Å². The van der Waals surface area contributed by atoms with Gasteiger partial charge in [0.25, 0.3) is 5.56 Å². The molecular formula is C24H30N4O2. The number of carbonyl (C=O) groups is 1. The zero-order valence-corrected chi connectivity index (χ0v) is 18.0. The van der Waals surface area contributed by atoms with Crippen LogP contribution in [0.1, 0.15) is 37.2 Å². The fraction of sp³-hybridized carbons (Fsp3) is 0.375. The first-order valence-corrected chi connectivity index (χ1v) is 10.5. The van der Waals surface area contributed by atoms with Gasteiger partial charge in [-0.25, -0.2) is 4.98 Å². The number of hydrogen-bond acceptors (Lipinski definition) is 4. The zero-order valence-electron chi connectivity index (χ0n) is 18.0. The van der Waals surface area contributed by atoms with Gasteiger partial charge < -0.3 is 5.32 Å². The highest BCUT2D eigenvalue weighted by Gasteiger charge is 2.11. The van der Waals surface area contributed by atoms with E-state index in [0.29, 0.717) is 29.7 Å². The molecule has 0 fully saturated rings. The normalized spacial score (nSPS) is 11.2. The molecule has 0 spiro atoms. The van der Waals surface area contributed by atoms with Crippen LogP contribution in [0.5, 0.6) is 0 Å². The van der Waals surface area contributed by atoms with E-state index < -0.39 is 0 Å². The molecule has 6 nitrogen and oxygen atoms in total. The minimum absolute atomic E-state index is 0.0463. The van der Waals surface area contributed by atoms with Crippen molar-refractivity contribution in [2.24, 2.45) is 7.05 Å². The third-order valence-electron chi connectivity index (χ3n) is 5.53. The van der Waals surface area contributed by atoms with Crippen molar-refractivity contribution < 1.29 is 4.79 Å². The van der Waals surface area contributed by atoms with Gasteiger partial charge in [-0.2, -0.15) is 0 Å². The number of para-hydroxylation sites is 1. The lowest BCUT2D eigenvalue weighted by Gasteiger charge is -2.20. The third kappa shape index (κ3) is 5.13. The van der Waals surface area contributed by atoms with Crippen LogP contribution in [0.25, 0.3) is 10.9 Å². The summed E-state index contributed by atoms with van der Waals surface area (Å²) in [5, 5.41) is 3.61. The van der Waals surface area contributed by atoms with E-state index in [2.05, 4.69) is 41.2 Å². The standard InChI is InChI=1S/C24H30N4O2/c1-4-28(5-2)17-19-11-7-6-10-18(19)16-25-23(29)15-14-22-26-21-13-9-8-12-20(21)24(30)27(22)3/h6-13H,4-5,14-17H2,1-3H3,(H,25,29). The van der Waals surface area contributed by atoms with E-state index in [1.807, 2.05) is 30.3 Å². The first-order valence-electron chi connectivity index (χ1n) is 10.5. The van der Waals surface area contributed by atoms with Gasteiger partial charge in [-0.3, -0.25) is 19.1 Å². The van der Waals surface area contributed by atoms with Crippen LogP contribution < -0.4 is 10.9 Å². The van der Waals surface area contributed by atoms with Crippen molar-refractivity contribution in [1.29, 1.82) is 0 Å². The Labute approximate surface area is 177 Å². The first kappa shape index (κ1) is 21.7. The number of hydrogen-bond donors (Lipinski definition) is 1. The molecule has 0 atom stereocenters. The molecule has 1 amide bonds. The minimum atomic E-state index is -0.0821. The van der Waals surface area contributed by atoms with Crippen LogP contribution in [0, 0.1) is 0 Å². The maximum Gasteiger partial charge on any atom is 0.261 e. The molecule has 0 radical (unpaired) electrons. The Kier molecular flexibility index (Phi) is 7.36. The van der Waals surface area contributed by atoms with Crippen LogP contribution in [-0.4, -0.2) is 33.4 Å². The average molecular weight is 407 g/mol. The molecule has 0 saturated heterocycles. The molecule has 6 heteroatoms. The molecule has 1 heterocycles. The van der Waals surface area contributed by atoms with Gasteiger partial charge in [0.2, 0.25) is 5.91 Å². The first-order chi connectivity index (χ1) is 14.5. The van der Waals surface area contributed by atoms with Crippen molar-refractivity contribution in [2.75, 3.05) is 13.1 Å². The quantitative estimate of drug-likeness (QED) is 0.593. The van der Waals surface area contributed by atoms with Crippen molar-refractivity contribution in [2.45, 2.75) is 39.8 Å². The molecule has 158 valence electrons. The Morgan fingerprint density at radius 1 is 1.03 bits per heavy atom. The molecule has 3 rings (SSSR count). The number of nitrogens with zero attached hydrogens (tertiary/aromatic N) is 3. The molecule has 0 aliphatic rings. The summed E-state index contributed by atoms with van der Waals surface area (Å²) in [6.45, 7) is 7.68. The predicted octanol–water partition coefficient (Wildman–Crippen LogP) is 3.02. The fourth-order valence-electron chi connectivity index (χ4n) is 3.57. The Bertz CT molecular complexity index is 1070. The number of fused-ring (bicyclic) bond motifs is 1. The Balaban J connectivity index is 1.62. The van der Waals surface area contributed by atoms with Gasteiger partial charge >= 0.3 is 0 Å². The zero-order chi connectivity index (χ0) is 21.5. The number of rotatable bonds is 9. The van der Waals surface area contributed by atoms with Crippen LogP contribution >= 0.6 is 0 Å². The Morgan fingerprint density at radius 3 is 2.43 bits per heavy atom. The van der Waals surface area contributed by atoms with E-state index in [1.165, 1.54) is 10.1 Å². The van der Waals surface area contributed by atoms with Gasteiger partial charge in [0.15, 0.2) is 0 Å². The summed E-state index contributed by atoms with van der Waals surface area (Å²) in [6.07, 6.45) is 0.709. The van der Waals surface area contributed by atoms with E-state index >= 15 is 0 Å². The van der Waals surface area contributed by atoms with Crippen molar-refractivity contribution in [1.82, 2.24) is 19.8 Å². The summed E-state index contributed by atoms with van der Waals surface area (Å²) in [6, 6.07) is 15.5. The number of benzene rings is 2. The number of carbonyl (C=O) groups excluding carboxylic acids is 1. The topological polar surface area (TPSA) is 67.2 Å². The smallest absolute Gasteiger partial charge is 0.261 e. The van der Waals surface area contributed by atoms with Crippen molar-refractivity contribution >= 4 is 16.8 Å². The molecule has 3 aromatic rings. The lowest BCUT2D eigenvalue weighted by atomic mass is 10.1. The molecule has 0 aliphatic carbocycles. The summed E-state index contributed by atoms with van der Waals surface area (Å²) >= 11 is 0. The van der Waals surface area contributed by atoms with E-state index in [0.717, 1.165) is 25.2 Å². The van der Waals surface area contributed by atoms with Gasteiger partial charge in [0.05, 0.1) is 10.9 Å². The third-order valence-corrected chi connectivity index (χ3v) is 5.53. The number of nitrogens with one attached hydrogen (secondary N) is 1. The van der Waals surface area contributed by atoms with Crippen molar-refractivity contribution in [3.05, 3.63) is 75.8 Å². The van der Waals surface area contributed by atoms with E-state index in [-0.39, 0.29) is 17.9 Å². The molecule has 0 unspecified atom stereocenters. The Hall–Kier alpha value is -2.99. The van der Waals surface area contributed by atoms with Gasteiger partial charge in [0, 0.05) is 33.0 Å². The van der Waals surface area contributed by atoms with E-state index in [9.17, 15) is 9.59 Å². The number of amides is 1. The lowest BCUT2D eigenvalue weighted by molar-refractivity contribution is -0.121. The predicted molar refractivity (Wildman–Crippen MR) is 120 cm³/mol. The molecule has 2 aromatic carbocycles. The Morgan fingerprint density at radius 2 is 1.70 bits per heavy atom. The average Bonchev–Trinajstić information content (AvgIpc) is 2.78. The highest BCUT2D eigenvalue weighted by molar-refractivity contribution is 5.78. The molecule has 1 N–H and O–H groups in total. The van der Waals surface area contributed by atoms with Crippen LogP contribution in [0.4, 0.5) is 0 Å². The maximum absolute atomic E-state index is 12.5. The van der Waals surface area contributed by atoms with Gasteiger partial charge in [0.1, 0.15) is 5.82 Å². The van der Waals surface area contributed by atoms with E-state index in [1.54, 1.807) is 13.1 Å². The summed E-state index contributed by atoms with van der Waals surface area (Å²) in [5.74, 6) is 0.575. The monoisotopic (exact) mass is 406 g/mol. The minimum Gasteiger partial charge on any atom is -0.352 e. The summed E-state index contributed by atoms with van der Waals surface area (Å²) in [7, 11) is 1.71. The second kappa shape index (κ2) is 10.2. The summed E-state index contributed by atoms with van der Waals surface area (Å²) in [4.78, 5) is 31.9. The highest BCUT2D eigenvalue weighted by Crippen LogP contribution is 2.12. The van der Waals surface area contributed by atoms with Gasteiger partial charge in [-0.1, -0.05) is 50.2 Å². The molecular weight excluding hydrogens is 376 g/mol. The summed E-state index contributed by atoms with van der Waals surface area (Å²) in [5.41, 5.74) is 2.96. The van der Waals surface area contributed by atoms with Gasteiger partial charge in [-0.15, -0.1) is 0 Å². The second-order valence-electron chi connectivity index (χ2n) is 7.42. The maximum atomic E-state index is 12.5. The van der Waals surface area contributed by atoms with E-state index in [4.69, 9.17) is 0 Å². The summed E-state index contributed by atoms with van der Waals surface area (Å²) < 4.78 is 1.54. The molecule has 0 aliphatic heterocycles. The fourth-order valence-corrected chi connectivity index (χ4v) is 3.57. The molecule has 0 bridgehead atoms. The van der Waals surface area contributed by atoms with Crippen LogP contribution in [0.3, 0.4) is 0 Å². The largest absolute Gasteiger partial charge is 0.352 e. The van der Waals surface area contributed by atoms with Crippen molar-refractivity contribution in [3.63, 3.8) is 0 Å². The molecule has 0 saturated carbocycles. The van der Waals surface area contributed by atoms with Crippen LogP contribution in [0.2, 0.25) is 0 Å². The number of aromatic nitrogens is 2. The number of aryl methyl sites for hydroxylation is 1. The lowest BCUT2D eigenvalue weighted by Crippen LogP contribution is -2.27.